The molecule has 1 aromatic heterocycles. The molecule has 0 aliphatic heterocycles. The first-order chi connectivity index (χ1) is 20.5. The molecule has 0 spiro atoms. The Morgan fingerprint density at radius 1 is 0.500 bits per heavy atom. The number of fused-ring (bicyclic) bond motifs is 2. The second-order valence-corrected chi connectivity index (χ2v) is 11.8. The maximum absolute atomic E-state index is 6.54. The maximum Gasteiger partial charge on any atom is 0.139 e. The molecule has 204 valence electrons. The van der Waals surface area contributed by atoms with Crippen LogP contribution in [0.1, 0.15) is 26.3 Å². The summed E-state index contributed by atoms with van der Waals surface area (Å²) in [4.78, 5) is 2.32. The quantitative estimate of drug-likeness (QED) is 0.215. The zero-order valence-electron chi connectivity index (χ0n) is 24.2. The third-order valence-electron chi connectivity index (χ3n) is 7.95. The molecule has 0 aliphatic rings. The monoisotopic (exact) mass is 543 g/mol. The lowest BCUT2D eigenvalue weighted by Crippen LogP contribution is -2.12. The van der Waals surface area contributed by atoms with Gasteiger partial charge < -0.3 is 9.32 Å². The number of nitrogens with zero attached hydrogens (tertiary/aromatic N) is 1. The summed E-state index contributed by atoms with van der Waals surface area (Å²) >= 11 is 0. The van der Waals surface area contributed by atoms with Crippen LogP contribution in [-0.4, -0.2) is 0 Å². The number of anilines is 3. The number of rotatable bonds is 5. The molecule has 0 N–H and O–H groups in total. The van der Waals surface area contributed by atoms with Crippen LogP contribution in [0.25, 0.3) is 44.2 Å². The topological polar surface area (TPSA) is 16.4 Å². The Balaban J connectivity index is 1.34. The van der Waals surface area contributed by atoms with Gasteiger partial charge in [0.2, 0.25) is 0 Å². The molecule has 0 radical (unpaired) electrons. The van der Waals surface area contributed by atoms with E-state index >= 15 is 0 Å². The van der Waals surface area contributed by atoms with Gasteiger partial charge in [-0.1, -0.05) is 124 Å². The van der Waals surface area contributed by atoms with Crippen LogP contribution >= 0.6 is 0 Å². The molecular weight excluding hydrogens is 510 g/mol. The van der Waals surface area contributed by atoms with E-state index < -0.39 is 0 Å². The molecule has 0 unspecified atom stereocenters. The number of hydrogen-bond acceptors (Lipinski definition) is 2. The highest BCUT2D eigenvalue weighted by Crippen LogP contribution is 2.43. The fourth-order valence-electron chi connectivity index (χ4n) is 6.07. The molecule has 0 aliphatic carbocycles. The molecule has 0 atom stereocenters. The molecule has 0 saturated heterocycles. The molecule has 0 amide bonds. The van der Waals surface area contributed by atoms with E-state index in [4.69, 9.17) is 4.42 Å². The smallest absolute Gasteiger partial charge is 0.139 e. The normalized spacial score (nSPS) is 11.7. The van der Waals surface area contributed by atoms with Crippen molar-refractivity contribution in [2.75, 3.05) is 4.90 Å². The minimum absolute atomic E-state index is 0.0749. The average molecular weight is 544 g/mol. The van der Waals surface area contributed by atoms with Crippen molar-refractivity contribution in [2.24, 2.45) is 0 Å². The van der Waals surface area contributed by atoms with E-state index in [9.17, 15) is 0 Å². The van der Waals surface area contributed by atoms with Crippen molar-refractivity contribution in [1.29, 1.82) is 0 Å². The average Bonchev–Trinajstić information content (AvgIpc) is 3.43. The molecule has 0 bridgehead atoms. The summed E-state index contributed by atoms with van der Waals surface area (Å²) in [5.74, 6) is 0.935. The summed E-state index contributed by atoms with van der Waals surface area (Å²) < 4.78 is 6.54. The fraction of sp³-hybridized carbons (Fsp3) is 0.100. The van der Waals surface area contributed by atoms with Crippen molar-refractivity contribution in [3.8, 4) is 22.5 Å². The molecule has 6 aromatic carbocycles. The predicted molar refractivity (Wildman–Crippen MR) is 178 cm³/mol. The molecule has 42 heavy (non-hydrogen) atoms. The van der Waals surface area contributed by atoms with Gasteiger partial charge in [0.05, 0.1) is 0 Å². The zero-order valence-corrected chi connectivity index (χ0v) is 24.2. The molecule has 7 rings (SSSR count). The zero-order chi connectivity index (χ0) is 28.7. The second-order valence-electron chi connectivity index (χ2n) is 11.8. The molecular formula is C40H33NO. The first-order valence-electron chi connectivity index (χ1n) is 14.5. The highest BCUT2D eigenvalue weighted by molar-refractivity contribution is 5.97. The minimum Gasteiger partial charge on any atom is -0.456 e. The summed E-state index contributed by atoms with van der Waals surface area (Å²) in [7, 11) is 0. The Kier molecular flexibility index (Phi) is 6.40. The van der Waals surface area contributed by atoms with Crippen LogP contribution in [0.3, 0.4) is 0 Å². The number of furan rings is 1. The van der Waals surface area contributed by atoms with Gasteiger partial charge in [-0.3, -0.25) is 0 Å². The summed E-state index contributed by atoms with van der Waals surface area (Å²) in [6.07, 6.45) is 0. The maximum atomic E-state index is 6.54. The predicted octanol–water partition coefficient (Wildman–Crippen LogP) is 11.7. The third-order valence-corrected chi connectivity index (χ3v) is 7.95. The van der Waals surface area contributed by atoms with Crippen molar-refractivity contribution in [1.82, 2.24) is 0 Å². The standard InChI is InChI=1S/C40H33NO/c1-40(2,3)38-36-20-9-10-22-37(36)42-39(38)30-15-11-18-33(27-30)41(31-16-5-4-6-17-31)32-25-23-29(24-26-32)35-21-12-14-28-13-7-8-19-34(28)35/h4-27H,1-3H3. The van der Waals surface area contributed by atoms with Crippen LogP contribution in [0.15, 0.2) is 150 Å². The number of hydrogen-bond donors (Lipinski definition) is 0. The molecule has 7 aromatic rings. The number of para-hydroxylation sites is 2. The lowest BCUT2D eigenvalue weighted by molar-refractivity contribution is 0.568. The van der Waals surface area contributed by atoms with E-state index in [1.165, 1.54) is 32.8 Å². The van der Waals surface area contributed by atoms with E-state index in [0.717, 1.165) is 34.0 Å². The third kappa shape index (κ3) is 4.65. The van der Waals surface area contributed by atoms with Crippen LogP contribution in [0.5, 0.6) is 0 Å². The van der Waals surface area contributed by atoms with Gasteiger partial charge in [-0.25, -0.2) is 0 Å². The van der Waals surface area contributed by atoms with Gasteiger partial charge in [-0.05, 0) is 69.8 Å². The first kappa shape index (κ1) is 25.9. The summed E-state index contributed by atoms with van der Waals surface area (Å²) in [6, 6.07) is 51.6. The van der Waals surface area contributed by atoms with Crippen LogP contribution in [-0.2, 0) is 5.41 Å². The molecule has 0 fully saturated rings. The van der Waals surface area contributed by atoms with E-state index in [1.807, 2.05) is 6.07 Å². The van der Waals surface area contributed by atoms with E-state index in [-0.39, 0.29) is 5.41 Å². The Morgan fingerprint density at radius 3 is 1.90 bits per heavy atom. The molecule has 0 saturated carbocycles. The molecule has 2 nitrogen and oxygen atoms in total. The molecule has 2 heteroatoms. The van der Waals surface area contributed by atoms with Crippen molar-refractivity contribution in [3.63, 3.8) is 0 Å². The summed E-state index contributed by atoms with van der Waals surface area (Å²) in [5, 5.41) is 3.69. The van der Waals surface area contributed by atoms with Gasteiger partial charge >= 0.3 is 0 Å². The van der Waals surface area contributed by atoms with E-state index in [1.54, 1.807) is 0 Å². The van der Waals surface area contributed by atoms with Gasteiger partial charge in [0.25, 0.3) is 0 Å². The molecule has 1 heterocycles. The Labute approximate surface area is 247 Å². The highest BCUT2D eigenvalue weighted by atomic mass is 16.3. The van der Waals surface area contributed by atoms with Gasteiger partial charge in [0.1, 0.15) is 11.3 Å². The fourth-order valence-corrected chi connectivity index (χ4v) is 6.07. The van der Waals surface area contributed by atoms with Gasteiger partial charge in [0, 0.05) is 33.6 Å². The van der Waals surface area contributed by atoms with Crippen molar-refractivity contribution < 1.29 is 4.42 Å². The largest absolute Gasteiger partial charge is 0.456 e. The highest BCUT2D eigenvalue weighted by Gasteiger charge is 2.26. The lowest BCUT2D eigenvalue weighted by atomic mass is 9.83. The Hall–Kier alpha value is -5.08. The SMILES string of the molecule is CC(C)(C)c1c(-c2cccc(N(c3ccccc3)c3ccc(-c4cccc5ccccc45)cc3)c2)oc2ccccc12. The van der Waals surface area contributed by atoms with Gasteiger partial charge in [0.15, 0.2) is 0 Å². The van der Waals surface area contributed by atoms with Crippen molar-refractivity contribution >= 4 is 38.8 Å². The van der Waals surface area contributed by atoms with Crippen molar-refractivity contribution in [3.05, 3.63) is 151 Å². The van der Waals surface area contributed by atoms with Crippen molar-refractivity contribution in [2.45, 2.75) is 26.2 Å². The van der Waals surface area contributed by atoms with Crippen LogP contribution in [0.4, 0.5) is 17.1 Å². The van der Waals surface area contributed by atoms with E-state index in [0.29, 0.717) is 0 Å². The van der Waals surface area contributed by atoms with Crippen LogP contribution in [0, 0.1) is 0 Å². The Bertz CT molecular complexity index is 2000. The van der Waals surface area contributed by atoms with E-state index in [2.05, 4.69) is 165 Å². The summed E-state index contributed by atoms with van der Waals surface area (Å²) in [5.41, 5.74) is 8.89. The first-order valence-corrected chi connectivity index (χ1v) is 14.5. The minimum atomic E-state index is -0.0749. The van der Waals surface area contributed by atoms with Crippen LogP contribution < -0.4 is 4.90 Å². The Morgan fingerprint density at radius 2 is 1.12 bits per heavy atom. The van der Waals surface area contributed by atoms with Crippen LogP contribution in [0.2, 0.25) is 0 Å². The number of benzene rings is 6. The van der Waals surface area contributed by atoms with Gasteiger partial charge in [-0.2, -0.15) is 0 Å². The second kappa shape index (κ2) is 10.4. The summed E-state index contributed by atoms with van der Waals surface area (Å²) in [6.45, 7) is 6.77. The lowest BCUT2D eigenvalue weighted by Gasteiger charge is -2.26. The van der Waals surface area contributed by atoms with Gasteiger partial charge in [-0.15, -0.1) is 0 Å².